The van der Waals surface area contributed by atoms with Gasteiger partial charge in [-0.15, -0.1) is 0 Å². The van der Waals surface area contributed by atoms with Crippen LogP contribution < -0.4 is 5.32 Å². The van der Waals surface area contributed by atoms with Crippen molar-refractivity contribution in [3.63, 3.8) is 0 Å². The first-order valence-electron chi connectivity index (χ1n) is 9.47. The van der Waals surface area contributed by atoms with Gasteiger partial charge in [-0.1, -0.05) is 6.58 Å². The number of nitrogens with zero attached hydrogens (tertiary/aromatic N) is 4. The number of nitrogens with one attached hydrogen (secondary N) is 1. The predicted molar refractivity (Wildman–Crippen MR) is 102 cm³/mol. The lowest BCUT2D eigenvalue weighted by molar-refractivity contribution is -0.129. The Labute approximate surface area is 159 Å². The molecular formula is C19H27N5O3. The topological polar surface area (TPSA) is 98.7 Å². The molecule has 0 aromatic carbocycles. The fraction of sp³-hybridized carbons (Fsp3) is 0.579. The molecule has 8 heteroatoms. The van der Waals surface area contributed by atoms with Gasteiger partial charge in [-0.05, 0) is 31.8 Å². The number of anilines is 1. The molecule has 146 valence electrons. The van der Waals surface area contributed by atoms with Gasteiger partial charge >= 0.3 is 0 Å². The second-order valence-corrected chi connectivity index (χ2v) is 7.17. The number of carbonyl (C=O) groups is 2. The molecule has 2 fully saturated rings. The molecule has 3 heterocycles. The van der Waals surface area contributed by atoms with Crippen molar-refractivity contribution in [2.75, 3.05) is 31.5 Å². The van der Waals surface area contributed by atoms with Gasteiger partial charge < -0.3 is 20.2 Å². The number of aliphatic hydroxyl groups is 1. The molecule has 0 spiro atoms. The summed E-state index contributed by atoms with van der Waals surface area (Å²) in [5, 5.41) is 13.2. The average Bonchev–Trinajstić information content (AvgIpc) is 2.67. The Morgan fingerprint density at radius 2 is 1.96 bits per heavy atom. The van der Waals surface area contributed by atoms with Gasteiger partial charge in [0, 0.05) is 45.2 Å². The number of β-amino-alcohol motifs (C(OH)–C–C–N with tert-alkyl or cyclic N) is 1. The normalized spacial score (nSPS) is 21.0. The molecule has 2 amide bonds. The first-order valence-corrected chi connectivity index (χ1v) is 9.47. The standard InChI is InChI=1S/C19H27N5O3/c1-3-17-21-16(19(27)24-8-4-5-15(26)12-24)11-18(22-17)20-14-6-9-23(10-7-14)13(2)25/h3,11,14-15,26H,1,4-10,12H2,2H3,(H,20,21,22). The van der Waals surface area contributed by atoms with E-state index in [0.29, 0.717) is 43.5 Å². The van der Waals surface area contributed by atoms with Crippen molar-refractivity contribution < 1.29 is 14.7 Å². The Morgan fingerprint density at radius 3 is 2.59 bits per heavy atom. The van der Waals surface area contributed by atoms with E-state index in [4.69, 9.17) is 0 Å². The fourth-order valence-electron chi connectivity index (χ4n) is 3.59. The van der Waals surface area contributed by atoms with Crippen LogP contribution in [0.3, 0.4) is 0 Å². The smallest absolute Gasteiger partial charge is 0.272 e. The van der Waals surface area contributed by atoms with Gasteiger partial charge in [0.15, 0.2) is 5.82 Å². The first kappa shape index (κ1) is 19.3. The second-order valence-electron chi connectivity index (χ2n) is 7.17. The van der Waals surface area contributed by atoms with Crippen LogP contribution in [-0.4, -0.2) is 75.0 Å². The van der Waals surface area contributed by atoms with Gasteiger partial charge in [-0.3, -0.25) is 9.59 Å². The molecule has 0 radical (unpaired) electrons. The Kier molecular flexibility index (Phi) is 6.05. The molecule has 2 saturated heterocycles. The quantitative estimate of drug-likeness (QED) is 0.821. The van der Waals surface area contributed by atoms with Crippen LogP contribution in [0.5, 0.6) is 0 Å². The Balaban J connectivity index is 1.71. The molecule has 8 nitrogen and oxygen atoms in total. The van der Waals surface area contributed by atoms with Gasteiger partial charge in [-0.25, -0.2) is 9.97 Å². The van der Waals surface area contributed by atoms with Gasteiger partial charge in [0.25, 0.3) is 5.91 Å². The molecule has 2 N–H and O–H groups in total. The van der Waals surface area contributed by atoms with E-state index in [0.717, 1.165) is 25.7 Å². The van der Waals surface area contributed by atoms with Crippen LogP contribution in [-0.2, 0) is 4.79 Å². The van der Waals surface area contributed by atoms with E-state index >= 15 is 0 Å². The molecule has 0 bridgehead atoms. The molecule has 1 atom stereocenters. The summed E-state index contributed by atoms with van der Waals surface area (Å²) >= 11 is 0. The molecule has 3 rings (SSSR count). The van der Waals surface area contributed by atoms with Crippen molar-refractivity contribution in [2.24, 2.45) is 0 Å². The van der Waals surface area contributed by atoms with Crippen molar-refractivity contribution >= 4 is 23.7 Å². The highest BCUT2D eigenvalue weighted by molar-refractivity contribution is 5.93. The molecule has 1 unspecified atom stereocenters. The van der Waals surface area contributed by atoms with Gasteiger partial charge in [0.2, 0.25) is 5.91 Å². The Hall–Kier alpha value is -2.48. The number of likely N-dealkylation sites (tertiary alicyclic amines) is 2. The van der Waals surface area contributed by atoms with Crippen LogP contribution in [0.1, 0.15) is 48.9 Å². The molecule has 1 aromatic rings. The van der Waals surface area contributed by atoms with Crippen molar-refractivity contribution in [1.29, 1.82) is 0 Å². The number of hydrogen-bond donors (Lipinski definition) is 2. The maximum Gasteiger partial charge on any atom is 0.272 e. The summed E-state index contributed by atoms with van der Waals surface area (Å²) in [6.07, 6.45) is 4.20. The lowest BCUT2D eigenvalue weighted by Crippen LogP contribution is -2.42. The average molecular weight is 373 g/mol. The summed E-state index contributed by atoms with van der Waals surface area (Å²) in [6.45, 7) is 7.68. The fourth-order valence-corrected chi connectivity index (χ4v) is 3.59. The Morgan fingerprint density at radius 1 is 1.22 bits per heavy atom. The molecule has 0 aliphatic carbocycles. The molecule has 0 saturated carbocycles. The zero-order chi connectivity index (χ0) is 19.4. The minimum Gasteiger partial charge on any atom is -0.391 e. The number of carbonyl (C=O) groups excluding carboxylic acids is 2. The van der Waals surface area contributed by atoms with Crippen LogP contribution in [0.4, 0.5) is 5.82 Å². The van der Waals surface area contributed by atoms with E-state index in [9.17, 15) is 14.7 Å². The van der Waals surface area contributed by atoms with E-state index in [2.05, 4.69) is 21.9 Å². The minimum absolute atomic E-state index is 0.0982. The van der Waals surface area contributed by atoms with E-state index < -0.39 is 6.10 Å². The van der Waals surface area contributed by atoms with Crippen LogP contribution in [0, 0.1) is 0 Å². The summed E-state index contributed by atoms with van der Waals surface area (Å²) < 4.78 is 0. The van der Waals surface area contributed by atoms with Crippen molar-refractivity contribution in [2.45, 2.75) is 44.8 Å². The summed E-state index contributed by atoms with van der Waals surface area (Å²) in [4.78, 5) is 36.4. The van der Waals surface area contributed by atoms with Crippen molar-refractivity contribution in [3.8, 4) is 0 Å². The molecule has 2 aliphatic heterocycles. The van der Waals surface area contributed by atoms with E-state index in [1.165, 1.54) is 6.08 Å². The summed E-state index contributed by atoms with van der Waals surface area (Å²) in [5.74, 6) is 0.874. The van der Waals surface area contributed by atoms with Crippen LogP contribution in [0.25, 0.3) is 6.08 Å². The number of aliphatic hydroxyl groups excluding tert-OH is 1. The predicted octanol–water partition coefficient (Wildman–Crippen LogP) is 1.14. The third kappa shape index (κ3) is 4.82. The number of hydrogen-bond acceptors (Lipinski definition) is 6. The highest BCUT2D eigenvalue weighted by Gasteiger charge is 2.25. The number of rotatable bonds is 4. The first-order chi connectivity index (χ1) is 13.0. The monoisotopic (exact) mass is 373 g/mol. The lowest BCUT2D eigenvalue weighted by atomic mass is 10.0. The van der Waals surface area contributed by atoms with Crippen LogP contribution in [0.15, 0.2) is 12.6 Å². The highest BCUT2D eigenvalue weighted by Crippen LogP contribution is 2.19. The molecule has 27 heavy (non-hydrogen) atoms. The summed E-state index contributed by atoms with van der Waals surface area (Å²) in [6, 6.07) is 1.85. The number of aromatic nitrogens is 2. The SMILES string of the molecule is C=Cc1nc(NC2CCN(C(C)=O)CC2)cc(C(=O)N2CCCC(O)C2)n1. The zero-order valence-electron chi connectivity index (χ0n) is 15.7. The maximum absolute atomic E-state index is 12.8. The summed E-state index contributed by atoms with van der Waals surface area (Å²) in [5.41, 5.74) is 0.303. The third-order valence-electron chi connectivity index (χ3n) is 5.12. The molecule has 2 aliphatic rings. The van der Waals surface area contributed by atoms with Gasteiger partial charge in [0.05, 0.1) is 6.10 Å². The Bertz CT molecular complexity index is 715. The third-order valence-corrected chi connectivity index (χ3v) is 5.12. The highest BCUT2D eigenvalue weighted by atomic mass is 16.3. The summed E-state index contributed by atoms with van der Waals surface area (Å²) in [7, 11) is 0. The van der Waals surface area contributed by atoms with Crippen molar-refractivity contribution in [1.82, 2.24) is 19.8 Å². The van der Waals surface area contributed by atoms with Crippen LogP contribution in [0.2, 0.25) is 0 Å². The van der Waals surface area contributed by atoms with E-state index in [-0.39, 0.29) is 17.9 Å². The zero-order valence-corrected chi connectivity index (χ0v) is 15.7. The molecular weight excluding hydrogens is 346 g/mol. The number of piperidine rings is 2. The van der Waals surface area contributed by atoms with Crippen LogP contribution >= 0.6 is 0 Å². The second kappa shape index (κ2) is 8.47. The van der Waals surface area contributed by atoms with E-state index in [1.807, 2.05) is 4.90 Å². The largest absolute Gasteiger partial charge is 0.391 e. The van der Waals surface area contributed by atoms with Crippen molar-refractivity contribution in [3.05, 3.63) is 24.2 Å². The van der Waals surface area contributed by atoms with E-state index in [1.54, 1.807) is 17.9 Å². The molecule has 1 aromatic heterocycles. The lowest BCUT2D eigenvalue weighted by Gasteiger charge is -2.32. The minimum atomic E-state index is -0.479. The van der Waals surface area contributed by atoms with Gasteiger partial charge in [0.1, 0.15) is 11.5 Å². The maximum atomic E-state index is 12.8. The number of amides is 2. The van der Waals surface area contributed by atoms with Gasteiger partial charge in [-0.2, -0.15) is 0 Å².